The molecule has 1 fully saturated rings. The molecule has 0 unspecified atom stereocenters. The van der Waals surface area contributed by atoms with E-state index in [-0.39, 0.29) is 5.24 Å². The van der Waals surface area contributed by atoms with Crippen LogP contribution >= 0.6 is 11.8 Å². The fourth-order valence-corrected chi connectivity index (χ4v) is 3.39. The van der Waals surface area contributed by atoms with Gasteiger partial charge in [-0.25, -0.2) is 4.90 Å². The van der Waals surface area contributed by atoms with Crippen LogP contribution in [0.4, 0.5) is 10.5 Å². The number of hydrogen-bond donors (Lipinski definition) is 0. The molecule has 1 aliphatic rings. The predicted octanol–water partition coefficient (Wildman–Crippen LogP) is 3.95. The summed E-state index contributed by atoms with van der Waals surface area (Å²) in [5.41, 5.74) is 1.10. The van der Waals surface area contributed by atoms with Gasteiger partial charge in [-0.05, 0) is 42.1 Å². The lowest BCUT2D eigenvalue weighted by Gasteiger charge is -2.15. The van der Waals surface area contributed by atoms with Crippen molar-refractivity contribution in [2.75, 3.05) is 26.2 Å². The Morgan fingerprint density at radius 3 is 2.35 bits per heavy atom. The molecule has 0 spiro atoms. The second-order valence-corrected chi connectivity index (χ2v) is 6.29. The molecular formula is C19H17NO5S. The lowest BCUT2D eigenvalue weighted by Crippen LogP contribution is -2.28. The molecule has 6 nitrogen and oxygen atoms in total. The van der Waals surface area contributed by atoms with E-state index in [1.54, 1.807) is 55.7 Å². The molecule has 2 aromatic carbocycles. The number of methoxy groups -OCH3 is 3. The first-order chi connectivity index (χ1) is 12.6. The lowest BCUT2D eigenvalue weighted by atomic mass is 10.1. The van der Waals surface area contributed by atoms with Crippen molar-refractivity contribution in [2.24, 2.45) is 0 Å². The maximum atomic E-state index is 12.8. The van der Waals surface area contributed by atoms with E-state index in [4.69, 9.17) is 14.2 Å². The van der Waals surface area contributed by atoms with Crippen LogP contribution in [0.25, 0.3) is 6.08 Å². The number of benzene rings is 2. The first kappa shape index (κ1) is 17.9. The van der Waals surface area contributed by atoms with Gasteiger partial charge in [0.2, 0.25) is 0 Å². The molecule has 0 atom stereocenters. The minimum atomic E-state index is -0.401. The molecule has 2 amide bonds. The molecule has 2 aromatic rings. The Kier molecular flexibility index (Phi) is 5.18. The van der Waals surface area contributed by atoms with Crippen molar-refractivity contribution in [1.29, 1.82) is 0 Å². The maximum Gasteiger partial charge on any atom is 0.298 e. The van der Waals surface area contributed by atoms with Gasteiger partial charge in [0.25, 0.3) is 11.1 Å². The van der Waals surface area contributed by atoms with E-state index in [0.717, 1.165) is 16.7 Å². The van der Waals surface area contributed by atoms with Crippen LogP contribution in [0, 0.1) is 0 Å². The second kappa shape index (κ2) is 7.53. The van der Waals surface area contributed by atoms with Gasteiger partial charge in [-0.15, -0.1) is 0 Å². The number of nitrogens with zero attached hydrogens (tertiary/aromatic N) is 1. The Morgan fingerprint density at radius 2 is 1.65 bits per heavy atom. The third kappa shape index (κ3) is 3.25. The van der Waals surface area contributed by atoms with E-state index in [2.05, 4.69) is 0 Å². The van der Waals surface area contributed by atoms with Crippen molar-refractivity contribution in [3.05, 3.63) is 52.9 Å². The number of para-hydroxylation sites is 2. The van der Waals surface area contributed by atoms with Crippen LogP contribution in [0.5, 0.6) is 17.2 Å². The van der Waals surface area contributed by atoms with Gasteiger partial charge >= 0.3 is 0 Å². The summed E-state index contributed by atoms with van der Waals surface area (Å²) >= 11 is 0.876. The van der Waals surface area contributed by atoms with Crippen molar-refractivity contribution in [3.8, 4) is 17.2 Å². The average molecular weight is 371 g/mol. The molecule has 0 N–H and O–H groups in total. The van der Waals surface area contributed by atoms with Crippen LogP contribution in [0.1, 0.15) is 5.56 Å². The molecule has 7 heteroatoms. The molecule has 0 aliphatic carbocycles. The number of hydrogen-bond acceptors (Lipinski definition) is 6. The predicted molar refractivity (Wildman–Crippen MR) is 101 cm³/mol. The Labute approximate surface area is 155 Å². The highest BCUT2D eigenvalue weighted by Gasteiger charge is 2.37. The minimum absolute atomic E-state index is 0.310. The highest BCUT2D eigenvalue weighted by Crippen LogP contribution is 2.40. The molecule has 1 aliphatic heterocycles. The van der Waals surface area contributed by atoms with Crippen LogP contribution in [0.15, 0.2) is 47.4 Å². The number of carbonyl (C=O) groups excluding carboxylic acids is 2. The van der Waals surface area contributed by atoms with Crippen molar-refractivity contribution in [1.82, 2.24) is 0 Å². The van der Waals surface area contributed by atoms with Gasteiger partial charge in [0.1, 0.15) is 17.2 Å². The first-order valence-corrected chi connectivity index (χ1v) is 8.53. The zero-order valence-corrected chi connectivity index (χ0v) is 15.3. The number of thioether (sulfide) groups is 1. The standard InChI is InChI=1S/C19H17NO5S/c1-23-13-9-8-12(16(11-13)25-3)10-17-18(21)20(19(22)26-17)14-6-4-5-7-15(14)24-2/h4-11H,1-3H3/b17-10-. The monoisotopic (exact) mass is 371 g/mol. The van der Waals surface area contributed by atoms with Gasteiger partial charge in [-0.3, -0.25) is 9.59 Å². The van der Waals surface area contributed by atoms with E-state index >= 15 is 0 Å². The summed E-state index contributed by atoms with van der Waals surface area (Å²) < 4.78 is 15.8. The maximum absolute atomic E-state index is 12.8. The van der Waals surface area contributed by atoms with E-state index in [9.17, 15) is 9.59 Å². The van der Waals surface area contributed by atoms with E-state index < -0.39 is 5.91 Å². The number of imide groups is 1. The average Bonchev–Trinajstić information content (AvgIpc) is 2.95. The number of anilines is 1. The van der Waals surface area contributed by atoms with E-state index in [0.29, 0.717) is 33.4 Å². The van der Waals surface area contributed by atoms with Gasteiger partial charge < -0.3 is 14.2 Å². The van der Waals surface area contributed by atoms with Crippen LogP contribution in [-0.2, 0) is 4.79 Å². The summed E-state index contributed by atoms with van der Waals surface area (Å²) in [6.45, 7) is 0. The fraction of sp³-hybridized carbons (Fsp3) is 0.158. The quantitative estimate of drug-likeness (QED) is 0.742. The Hall–Kier alpha value is -2.93. The third-order valence-corrected chi connectivity index (χ3v) is 4.72. The van der Waals surface area contributed by atoms with Crippen LogP contribution in [0.2, 0.25) is 0 Å². The Balaban J connectivity index is 1.98. The van der Waals surface area contributed by atoms with Crippen molar-refractivity contribution < 1.29 is 23.8 Å². The second-order valence-electron chi connectivity index (χ2n) is 5.30. The summed E-state index contributed by atoms with van der Waals surface area (Å²) in [4.78, 5) is 26.7. The van der Waals surface area contributed by atoms with Gasteiger partial charge in [-0.1, -0.05) is 12.1 Å². The minimum Gasteiger partial charge on any atom is -0.497 e. The lowest BCUT2D eigenvalue weighted by molar-refractivity contribution is -0.113. The van der Waals surface area contributed by atoms with Gasteiger partial charge in [0.15, 0.2) is 0 Å². The van der Waals surface area contributed by atoms with Gasteiger partial charge in [-0.2, -0.15) is 0 Å². The largest absolute Gasteiger partial charge is 0.497 e. The topological polar surface area (TPSA) is 65.1 Å². The number of amides is 2. The molecule has 0 radical (unpaired) electrons. The molecular weight excluding hydrogens is 354 g/mol. The summed E-state index contributed by atoms with van der Waals surface area (Å²) in [5.74, 6) is 1.25. The highest BCUT2D eigenvalue weighted by molar-refractivity contribution is 8.19. The van der Waals surface area contributed by atoms with Crippen LogP contribution < -0.4 is 19.1 Å². The summed E-state index contributed by atoms with van der Waals surface area (Å²) in [7, 11) is 4.59. The molecule has 1 saturated heterocycles. The Bertz CT molecular complexity index is 893. The highest BCUT2D eigenvalue weighted by atomic mass is 32.2. The molecule has 0 saturated carbocycles. The van der Waals surface area contributed by atoms with E-state index in [1.165, 1.54) is 14.2 Å². The molecule has 0 aromatic heterocycles. The SMILES string of the molecule is COc1ccc(/C=C2\SC(=O)N(c3ccccc3OC)C2=O)c(OC)c1. The smallest absolute Gasteiger partial charge is 0.298 e. The fourth-order valence-electron chi connectivity index (χ4n) is 2.57. The third-order valence-electron chi connectivity index (χ3n) is 3.85. The number of ether oxygens (including phenoxy) is 3. The molecule has 1 heterocycles. The zero-order chi connectivity index (χ0) is 18.7. The molecule has 3 rings (SSSR count). The molecule has 134 valence electrons. The normalized spacial score (nSPS) is 15.5. The molecule has 0 bridgehead atoms. The van der Waals surface area contributed by atoms with Crippen molar-refractivity contribution in [3.63, 3.8) is 0 Å². The first-order valence-electron chi connectivity index (χ1n) is 7.72. The van der Waals surface area contributed by atoms with Crippen LogP contribution in [0.3, 0.4) is 0 Å². The van der Waals surface area contributed by atoms with Crippen LogP contribution in [-0.4, -0.2) is 32.5 Å². The summed E-state index contributed by atoms with van der Waals surface area (Å²) in [6, 6.07) is 12.2. The van der Waals surface area contributed by atoms with Gasteiger partial charge in [0, 0.05) is 11.6 Å². The van der Waals surface area contributed by atoms with Crippen molar-refractivity contribution in [2.45, 2.75) is 0 Å². The van der Waals surface area contributed by atoms with Crippen molar-refractivity contribution >= 4 is 34.7 Å². The van der Waals surface area contributed by atoms with Gasteiger partial charge in [0.05, 0.1) is 31.9 Å². The zero-order valence-electron chi connectivity index (χ0n) is 14.5. The number of rotatable bonds is 5. The Morgan fingerprint density at radius 1 is 0.923 bits per heavy atom. The molecule has 26 heavy (non-hydrogen) atoms. The summed E-state index contributed by atoms with van der Waals surface area (Å²) in [6.07, 6.45) is 1.64. The summed E-state index contributed by atoms with van der Waals surface area (Å²) in [5, 5.41) is -0.377. The number of carbonyl (C=O) groups is 2. The van der Waals surface area contributed by atoms with E-state index in [1.807, 2.05) is 0 Å².